The predicted octanol–water partition coefficient (Wildman–Crippen LogP) is -2.62. The Morgan fingerprint density at radius 1 is 1.37 bits per heavy atom. The maximum atomic E-state index is 12.0. The molecule has 0 aromatic carbocycles. The summed E-state index contributed by atoms with van der Waals surface area (Å²) in [7, 11) is -3.41. The maximum absolute atomic E-state index is 12.0. The molecule has 19 heavy (non-hydrogen) atoms. The SMILES string of the molecule is CS(=O)(=O)N1CCN2C(=O)N(CC(N)=O)C(=O)C2C1. The van der Waals surface area contributed by atoms with Crippen LogP contribution in [-0.2, 0) is 19.6 Å². The molecule has 4 amide bonds. The van der Waals surface area contributed by atoms with E-state index in [0.29, 0.717) is 0 Å². The fourth-order valence-electron chi connectivity index (χ4n) is 2.23. The van der Waals surface area contributed by atoms with Crippen LogP contribution in [0, 0.1) is 0 Å². The van der Waals surface area contributed by atoms with E-state index in [-0.39, 0.29) is 19.6 Å². The Kier molecular flexibility index (Phi) is 3.22. The van der Waals surface area contributed by atoms with Crippen LogP contribution in [0.25, 0.3) is 0 Å². The Balaban J connectivity index is 2.20. The Bertz CT molecular complexity index is 545. The minimum Gasteiger partial charge on any atom is -0.368 e. The molecule has 2 aliphatic rings. The second-order valence-electron chi connectivity index (χ2n) is 4.50. The molecule has 0 aromatic heterocycles. The van der Waals surface area contributed by atoms with Crippen LogP contribution < -0.4 is 5.73 Å². The van der Waals surface area contributed by atoms with Crippen molar-refractivity contribution in [3.8, 4) is 0 Å². The molecule has 10 heteroatoms. The van der Waals surface area contributed by atoms with Crippen molar-refractivity contribution in [3.05, 3.63) is 0 Å². The number of urea groups is 1. The monoisotopic (exact) mass is 290 g/mol. The van der Waals surface area contributed by atoms with Crippen molar-refractivity contribution in [2.24, 2.45) is 5.73 Å². The van der Waals surface area contributed by atoms with Gasteiger partial charge in [0.05, 0.1) is 6.26 Å². The van der Waals surface area contributed by atoms with Gasteiger partial charge in [0.1, 0.15) is 12.6 Å². The number of primary amides is 1. The van der Waals surface area contributed by atoms with Gasteiger partial charge in [0.15, 0.2) is 0 Å². The zero-order valence-corrected chi connectivity index (χ0v) is 11.1. The Morgan fingerprint density at radius 3 is 2.53 bits per heavy atom. The normalized spacial score (nSPS) is 24.8. The second-order valence-corrected chi connectivity index (χ2v) is 6.49. The summed E-state index contributed by atoms with van der Waals surface area (Å²) in [5.74, 6) is -1.38. The zero-order valence-electron chi connectivity index (χ0n) is 10.3. The number of nitrogens with two attached hydrogens (primary N) is 1. The fraction of sp³-hybridized carbons (Fsp3) is 0.667. The maximum Gasteiger partial charge on any atom is 0.328 e. The third kappa shape index (κ3) is 2.40. The molecule has 0 radical (unpaired) electrons. The Hall–Kier alpha value is -1.68. The van der Waals surface area contributed by atoms with Gasteiger partial charge >= 0.3 is 6.03 Å². The summed E-state index contributed by atoms with van der Waals surface area (Å²) in [6.07, 6.45) is 1.05. The molecule has 0 aromatic rings. The molecule has 2 N–H and O–H groups in total. The summed E-state index contributed by atoms with van der Waals surface area (Å²) in [5, 5.41) is 0. The van der Waals surface area contributed by atoms with Gasteiger partial charge in [-0.15, -0.1) is 0 Å². The molecular weight excluding hydrogens is 276 g/mol. The van der Waals surface area contributed by atoms with E-state index >= 15 is 0 Å². The smallest absolute Gasteiger partial charge is 0.328 e. The van der Waals surface area contributed by atoms with Crippen molar-refractivity contribution in [1.82, 2.24) is 14.1 Å². The molecule has 0 aliphatic carbocycles. The van der Waals surface area contributed by atoms with Crippen molar-refractivity contribution in [2.75, 3.05) is 32.4 Å². The topological polar surface area (TPSA) is 121 Å². The van der Waals surface area contributed by atoms with Gasteiger partial charge < -0.3 is 10.6 Å². The minimum absolute atomic E-state index is 0.0847. The molecule has 2 aliphatic heterocycles. The molecule has 1 atom stereocenters. The lowest BCUT2D eigenvalue weighted by Crippen LogP contribution is -2.54. The van der Waals surface area contributed by atoms with Gasteiger partial charge in [-0.1, -0.05) is 0 Å². The number of imide groups is 1. The molecular formula is C9H14N4O5S. The molecule has 2 rings (SSSR count). The van der Waals surface area contributed by atoms with Crippen molar-refractivity contribution in [1.29, 1.82) is 0 Å². The molecule has 2 heterocycles. The number of carbonyl (C=O) groups excluding carboxylic acids is 3. The zero-order chi connectivity index (χ0) is 14.4. The first-order valence-electron chi connectivity index (χ1n) is 5.57. The average molecular weight is 290 g/mol. The second kappa shape index (κ2) is 4.46. The van der Waals surface area contributed by atoms with E-state index in [1.54, 1.807) is 0 Å². The summed E-state index contributed by atoms with van der Waals surface area (Å²) >= 11 is 0. The first-order valence-corrected chi connectivity index (χ1v) is 7.42. The first kappa shape index (κ1) is 13.7. The third-order valence-electron chi connectivity index (χ3n) is 3.15. The minimum atomic E-state index is -3.41. The van der Waals surface area contributed by atoms with Crippen LogP contribution in [0.15, 0.2) is 0 Å². The summed E-state index contributed by atoms with van der Waals surface area (Å²) < 4.78 is 24.0. The van der Waals surface area contributed by atoms with Gasteiger partial charge in [0, 0.05) is 19.6 Å². The highest BCUT2D eigenvalue weighted by Crippen LogP contribution is 2.22. The van der Waals surface area contributed by atoms with Crippen LogP contribution in [0.1, 0.15) is 0 Å². The number of rotatable bonds is 3. The van der Waals surface area contributed by atoms with Crippen molar-refractivity contribution < 1.29 is 22.8 Å². The van der Waals surface area contributed by atoms with Crippen LogP contribution in [0.2, 0.25) is 0 Å². The number of amides is 4. The summed E-state index contributed by atoms with van der Waals surface area (Å²) in [6, 6.07) is -1.46. The van der Waals surface area contributed by atoms with E-state index in [9.17, 15) is 22.8 Å². The molecule has 0 saturated carbocycles. The summed E-state index contributed by atoms with van der Waals surface area (Å²) in [6.45, 7) is -0.307. The van der Waals surface area contributed by atoms with E-state index in [4.69, 9.17) is 5.73 Å². The van der Waals surface area contributed by atoms with Gasteiger partial charge in [0.25, 0.3) is 5.91 Å². The quantitative estimate of drug-likeness (QED) is 0.570. The third-order valence-corrected chi connectivity index (χ3v) is 4.42. The van der Waals surface area contributed by atoms with Gasteiger partial charge in [-0.05, 0) is 0 Å². The highest BCUT2D eigenvalue weighted by atomic mass is 32.2. The standard InChI is InChI=1S/C9H14N4O5S/c1-19(17,18)11-2-3-12-6(4-11)8(15)13(9(12)16)5-7(10)14/h6H,2-5H2,1H3,(H2,10,14). The number of fused-ring (bicyclic) bond motifs is 1. The van der Waals surface area contributed by atoms with Gasteiger partial charge in [-0.3, -0.25) is 14.5 Å². The molecule has 2 fully saturated rings. The Morgan fingerprint density at radius 2 is 2.00 bits per heavy atom. The number of sulfonamides is 1. The van der Waals surface area contributed by atoms with Crippen LogP contribution in [0.3, 0.4) is 0 Å². The van der Waals surface area contributed by atoms with Crippen molar-refractivity contribution in [2.45, 2.75) is 6.04 Å². The number of hydrogen-bond donors (Lipinski definition) is 1. The van der Waals surface area contributed by atoms with Crippen molar-refractivity contribution >= 4 is 27.9 Å². The van der Waals surface area contributed by atoms with Crippen LogP contribution in [0.4, 0.5) is 4.79 Å². The van der Waals surface area contributed by atoms with E-state index in [2.05, 4.69) is 0 Å². The van der Waals surface area contributed by atoms with Gasteiger partial charge in [0.2, 0.25) is 15.9 Å². The largest absolute Gasteiger partial charge is 0.368 e. The van der Waals surface area contributed by atoms with E-state index in [1.807, 2.05) is 0 Å². The highest BCUT2D eigenvalue weighted by Gasteiger charge is 2.49. The van der Waals surface area contributed by atoms with E-state index in [0.717, 1.165) is 15.5 Å². The average Bonchev–Trinajstić information content (AvgIpc) is 2.53. The number of piperazine rings is 1. The lowest BCUT2D eigenvalue weighted by molar-refractivity contribution is -0.132. The first-order chi connectivity index (χ1) is 8.71. The van der Waals surface area contributed by atoms with Crippen molar-refractivity contribution in [3.63, 3.8) is 0 Å². The predicted molar refractivity (Wildman–Crippen MR) is 63.2 cm³/mol. The molecule has 1 unspecified atom stereocenters. The number of nitrogens with zero attached hydrogens (tertiary/aromatic N) is 3. The lowest BCUT2D eigenvalue weighted by atomic mass is 10.2. The van der Waals surface area contributed by atoms with Gasteiger partial charge in [-0.25, -0.2) is 13.2 Å². The lowest BCUT2D eigenvalue weighted by Gasteiger charge is -2.33. The van der Waals surface area contributed by atoms with Crippen LogP contribution >= 0.6 is 0 Å². The Labute approximate surface area is 110 Å². The van der Waals surface area contributed by atoms with Gasteiger partial charge in [-0.2, -0.15) is 4.31 Å². The molecule has 106 valence electrons. The highest BCUT2D eigenvalue weighted by molar-refractivity contribution is 7.88. The van der Waals surface area contributed by atoms with Crippen LogP contribution in [0.5, 0.6) is 0 Å². The molecule has 2 saturated heterocycles. The molecule has 9 nitrogen and oxygen atoms in total. The summed E-state index contributed by atoms with van der Waals surface area (Å²) in [5.41, 5.74) is 4.97. The molecule has 0 bridgehead atoms. The van der Waals surface area contributed by atoms with E-state index in [1.165, 1.54) is 4.90 Å². The van der Waals surface area contributed by atoms with Crippen LogP contribution in [-0.4, -0.2) is 78.8 Å². The number of hydrogen-bond acceptors (Lipinski definition) is 5. The van der Waals surface area contributed by atoms with E-state index < -0.39 is 40.5 Å². The summed E-state index contributed by atoms with van der Waals surface area (Å²) in [4.78, 5) is 36.7. The number of carbonyl (C=O) groups is 3. The fourth-order valence-corrected chi connectivity index (χ4v) is 3.06. The molecule has 0 spiro atoms.